The topological polar surface area (TPSA) is 56.5 Å². The summed E-state index contributed by atoms with van der Waals surface area (Å²) < 4.78 is 2.06. The van der Waals surface area contributed by atoms with Crippen LogP contribution in [0.1, 0.15) is 0 Å². The summed E-state index contributed by atoms with van der Waals surface area (Å²) in [7, 11) is 2.00. The molecular weight excluding hydrogens is 282 g/mol. The predicted molar refractivity (Wildman–Crippen MR) is 82.8 cm³/mol. The molecule has 21 heavy (non-hydrogen) atoms. The van der Waals surface area contributed by atoms with E-state index in [0.29, 0.717) is 5.82 Å². The van der Waals surface area contributed by atoms with Gasteiger partial charge in [0.1, 0.15) is 5.69 Å². The zero-order chi connectivity index (χ0) is 14.2. The normalized spacial score (nSPS) is 11.1. The van der Waals surface area contributed by atoms with E-state index in [1.54, 1.807) is 18.5 Å². The number of nitrogens with zero attached hydrogens (tertiary/aromatic N) is 5. The van der Waals surface area contributed by atoms with Crippen molar-refractivity contribution in [3.63, 3.8) is 0 Å². The number of para-hydroxylation sites is 2. The van der Waals surface area contributed by atoms with Gasteiger partial charge in [-0.25, -0.2) is 19.9 Å². The molecule has 0 saturated heterocycles. The molecule has 4 aromatic rings. The van der Waals surface area contributed by atoms with Crippen LogP contribution in [0.3, 0.4) is 0 Å². The van der Waals surface area contributed by atoms with Crippen molar-refractivity contribution >= 4 is 22.4 Å². The van der Waals surface area contributed by atoms with Crippen LogP contribution in [-0.2, 0) is 7.05 Å². The third kappa shape index (κ3) is 2.00. The molecule has 0 saturated carbocycles. The van der Waals surface area contributed by atoms with Gasteiger partial charge in [-0.15, -0.1) is 11.3 Å². The lowest BCUT2D eigenvalue weighted by atomic mass is 10.3. The Morgan fingerprint density at radius 2 is 1.81 bits per heavy atom. The molecule has 0 aliphatic carbocycles. The Kier molecular flexibility index (Phi) is 2.75. The van der Waals surface area contributed by atoms with E-state index in [-0.39, 0.29) is 0 Å². The van der Waals surface area contributed by atoms with Gasteiger partial charge in [-0.2, -0.15) is 0 Å². The predicted octanol–water partition coefficient (Wildman–Crippen LogP) is 3.15. The molecule has 4 rings (SSSR count). The molecular formula is C15H11N5S. The number of fused-ring (bicyclic) bond motifs is 1. The van der Waals surface area contributed by atoms with Gasteiger partial charge in [-0.05, 0) is 18.2 Å². The van der Waals surface area contributed by atoms with Crippen molar-refractivity contribution in [1.29, 1.82) is 0 Å². The van der Waals surface area contributed by atoms with Gasteiger partial charge < -0.3 is 4.57 Å². The molecule has 0 aliphatic heterocycles. The maximum atomic E-state index is 4.66. The molecule has 0 bridgehead atoms. The third-order valence-electron chi connectivity index (χ3n) is 3.28. The van der Waals surface area contributed by atoms with E-state index in [0.717, 1.165) is 27.6 Å². The van der Waals surface area contributed by atoms with Crippen molar-refractivity contribution < 1.29 is 0 Å². The highest BCUT2D eigenvalue weighted by Crippen LogP contribution is 2.28. The van der Waals surface area contributed by atoms with Crippen molar-refractivity contribution in [3.8, 4) is 22.4 Å². The average Bonchev–Trinajstić information content (AvgIpc) is 3.14. The summed E-state index contributed by atoms with van der Waals surface area (Å²) in [5, 5.41) is 2.80. The number of hydrogen-bond acceptors (Lipinski definition) is 5. The molecule has 0 unspecified atom stereocenters. The Morgan fingerprint density at radius 1 is 1.00 bits per heavy atom. The zero-order valence-electron chi connectivity index (χ0n) is 11.3. The molecule has 5 nitrogen and oxygen atoms in total. The number of rotatable bonds is 2. The molecule has 0 radical (unpaired) electrons. The van der Waals surface area contributed by atoms with Crippen molar-refractivity contribution in [2.75, 3.05) is 0 Å². The Bertz CT molecular complexity index is 910. The first kappa shape index (κ1) is 12.2. The van der Waals surface area contributed by atoms with Gasteiger partial charge in [0.05, 0.1) is 11.0 Å². The first-order valence-electron chi connectivity index (χ1n) is 6.47. The molecule has 0 amide bonds. The highest BCUT2D eigenvalue weighted by molar-refractivity contribution is 7.13. The van der Waals surface area contributed by atoms with Gasteiger partial charge >= 0.3 is 0 Å². The SMILES string of the molecule is Cn1c(-c2csc(-c3ncccn3)n2)nc2ccccc21. The van der Waals surface area contributed by atoms with Crippen LogP contribution >= 0.6 is 11.3 Å². The molecule has 1 aromatic carbocycles. The second-order valence-corrected chi connectivity index (χ2v) is 5.45. The summed E-state index contributed by atoms with van der Waals surface area (Å²) in [4.78, 5) is 17.7. The second kappa shape index (κ2) is 4.75. The van der Waals surface area contributed by atoms with Crippen LogP contribution in [0.25, 0.3) is 33.4 Å². The lowest BCUT2D eigenvalue weighted by Gasteiger charge is -1.98. The quantitative estimate of drug-likeness (QED) is 0.569. The zero-order valence-corrected chi connectivity index (χ0v) is 12.1. The Balaban J connectivity index is 1.83. The van der Waals surface area contributed by atoms with Crippen LogP contribution in [0.4, 0.5) is 0 Å². The summed E-state index contributed by atoms with van der Waals surface area (Å²) in [6, 6.07) is 9.86. The molecule has 102 valence electrons. The van der Waals surface area contributed by atoms with E-state index in [1.807, 2.05) is 30.6 Å². The number of aryl methyl sites for hydroxylation is 1. The summed E-state index contributed by atoms with van der Waals surface area (Å²) in [6.45, 7) is 0. The molecule has 0 aliphatic rings. The lowest BCUT2D eigenvalue weighted by molar-refractivity contribution is 0.953. The minimum Gasteiger partial charge on any atom is -0.326 e. The van der Waals surface area contributed by atoms with Crippen LogP contribution in [0, 0.1) is 0 Å². The fourth-order valence-electron chi connectivity index (χ4n) is 2.26. The summed E-state index contributed by atoms with van der Waals surface area (Å²) in [5.41, 5.74) is 2.92. The minimum atomic E-state index is 0.646. The van der Waals surface area contributed by atoms with Crippen LogP contribution in [0.2, 0.25) is 0 Å². The van der Waals surface area contributed by atoms with E-state index < -0.39 is 0 Å². The molecule has 0 atom stereocenters. The lowest BCUT2D eigenvalue weighted by Crippen LogP contribution is -1.93. The van der Waals surface area contributed by atoms with E-state index in [2.05, 4.69) is 30.6 Å². The monoisotopic (exact) mass is 293 g/mol. The van der Waals surface area contributed by atoms with Crippen LogP contribution in [0.15, 0.2) is 48.1 Å². The number of hydrogen-bond donors (Lipinski definition) is 0. The van der Waals surface area contributed by atoms with Crippen LogP contribution < -0.4 is 0 Å². The summed E-state index contributed by atoms with van der Waals surface area (Å²) in [5.74, 6) is 1.50. The van der Waals surface area contributed by atoms with Gasteiger partial charge in [-0.3, -0.25) is 0 Å². The van der Waals surface area contributed by atoms with Crippen LogP contribution in [0.5, 0.6) is 0 Å². The van der Waals surface area contributed by atoms with Gasteiger partial charge in [0.15, 0.2) is 16.7 Å². The number of thiazole rings is 1. The molecule has 0 fully saturated rings. The van der Waals surface area contributed by atoms with Crippen molar-refractivity contribution in [2.45, 2.75) is 0 Å². The fourth-order valence-corrected chi connectivity index (χ4v) is 3.01. The average molecular weight is 293 g/mol. The summed E-state index contributed by atoms with van der Waals surface area (Å²) >= 11 is 1.53. The van der Waals surface area contributed by atoms with E-state index in [4.69, 9.17) is 0 Å². The highest BCUT2D eigenvalue weighted by atomic mass is 32.1. The first-order chi connectivity index (χ1) is 10.3. The van der Waals surface area contributed by atoms with E-state index in [9.17, 15) is 0 Å². The number of imidazole rings is 1. The number of benzene rings is 1. The molecule has 3 heterocycles. The number of aromatic nitrogens is 5. The largest absolute Gasteiger partial charge is 0.326 e. The highest BCUT2D eigenvalue weighted by Gasteiger charge is 2.14. The van der Waals surface area contributed by atoms with Gasteiger partial charge in [-0.1, -0.05) is 12.1 Å². The van der Waals surface area contributed by atoms with Gasteiger partial charge in [0, 0.05) is 24.8 Å². The fraction of sp³-hybridized carbons (Fsp3) is 0.0667. The molecule has 6 heteroatoms. The van der Waals surface area contributed by atoms with Crippen molar-refractivity contribution in [1.82, 2.24) is 24.5 Å². The standard InChI is InChI=1S/C15H11N5S/c1-20-12-6-3-2-5-10(12)18-14(20)11-9-21-15(19-11)13-16-7-4-8-17-13/h2-9H,1H3. The van der Waals surface area contributed by atoms with Gasteiger partial charge in [0.25, 0.3) is 0 Å². The second-order valence-electron chi connectivity index (χ2n) is 4.59. The van der Waals surface area contributed by atoms with Crippen LogP contribution in [-0.4, -0.2) is 24.5 Å². The summed E-state index contributed by atoms with van der Waals surface area (Å²) in [6.07, 6.45) is 3.44. The van der Waals surface area contributed by atoms with Crippen molar-refractivity contribution in [3.05, 3.63) is 48.1 Å². The Hall–Kier alpha value is -2.60. The smallest absolute Gasteiger partial charge is 0.188 e. The third-order valence-corrected chi connectivity index (χ3v) is 4.12. The van der Waals surface area contributed by atoms with Gasteiger partial charge in [0.2, 0.25) is 0 Å². The van der Waals surface area contributed by atoms with E-state index in [1.165, 1.54) is 11.3 Å². The Labute approximate surface area is 125 Å². The van der Waals surface area contributed by atoms with E-state index >= 15 is 0 Å². The van der Waals surface area contributed by atoms with Crippen molar-refractivity contribution in [2.24, 2.45) is 7.05 Å². The molecule has 0 N–H and O–H groups in total. The minimum absolute atomic E-state index is 0.646. The maximum Gasteiger partial charge on any atom is 0.188 e. The maximum absolute atomic E-state index is 4.66. The first-order valence-corrected chi connectivity index (χ1v) is 7.35. The molecule has 0 spiro atoms. The Morgan fingerprint density at radius 3 is 2.62 bits per heavy atom. The molecule has 3 aromatic heterocycles.